The van der Waals surface area contributed by atoms with Gasteiger partial charge in [0.15, 0.2) is 0 Å². The van der Waals surface area contributed by atoms with Crippen LogP contribution in [0.1, 0.15) is 19.3 Å². The Morgan fingerprint density at radius 2 is 2.30 bits per heavy atom. The normalized spacial score (nSPS) is 20.6. The number of pyridine rings is 1. The first kappa shape index (κ1) is 15.0. The predicted octanol–water partition coefficient (Wildman–Crippen LogP) is 0.594. The first-order valence-electron chi connectivity index (χ1n) is 6.47. The molecule has 1 unspecified atom stereocenters. The Balaban J connectivity index is 2.12. The number of piperidine rings is 1. The molecule has 1 aliphatic rings. The maximum Gasteiger partial charge on any atom is 0.302 e. The van der Waals surface area contributed by atoms with Crippen molar-refractivity contribution in [1.29, 1.82) is 0 Å². The summed E-state index contributed by atoms with van der Waals surface area (Å²) in [5, 5.41) is 9.30. The summed E-state index contributed by atoms with van der Waals surface area (Å²) in [5.41, 5.74) is 0.369. The Morgan fingerprint density at radius 3 is 2.90 bits per heavy atom. The van der Waals surface area contributed by atoms with Crippen molar-refractivity contribution in [2.75, 3.05) is 25.0 Å². The average molecular weight is 301 g/mol. The van der Waals surface area contributed by atoms with E-state index in [1.54, 1.807) is 12.1 Å². The lowest BCUT2D eigenvalue weighted by molar-refractivity contribution is 0.156. The van der Waals surface area contributed by atoms with Gasteiger partial charge < -0.3 is 9.84 Å². The Hall–Kier alpha value is -1.38. The van der Waals surface area contributed by atoms with Gasteiger partial charge in [0.2, 0.25) is 5.88 Å². The molecule has 0 aromatic carbocycles. The highest BCUT2D eigenvalue weighted by Crippen LogP contribution is 2.22. The van der Waals surface area contributed by atoms with E-state index >= 15 is 0 Å². The smallest absolute Gasteiger partial charge is 0.302 e. The second kappa shape index (κ2) is 6.38. The maximum atomic E-state index is 12.3. The lowest BCUT2D eigenvalue weighted by atomic mass is 10.1. The van der Waals surface area contributed by atoms with E-state index in [4.69, 9.17) is 4.74 Å². The molecular weight excluding hydrogens is 282 g/mol. The van der Waals surface area contributed by atoms with Crippen LogP contribution in [0, 0.1) is 0 Å². The van der Waals surface area contributed by atoms with Crippen molar-refractivity contribution in [3.8, 4) is 5.88 Å². The Kier molecular flexibility index (Phi) is 4.79. The maximum absolute atomic E-state index is 12.3. The van der Waals surface area contributed by atoms with Gasteiger partial charge >= 0.3 is 10.2 Å². The highest BCUT2D eigenvalue weighted by Gasteiger charge is 2.31. The number of aromatic nitrogens is 1. The highest BCUT2D eigenvalue weighted by molar-refractivity contribution is 7.90. The Labute approximate surface area is 118 Å². The van der Waals surface area contributed by atoms with Gasteiger partial charge in [-0.3, -0.25) is 4.72 Å². The SMILES string of the molecule is COc1ccc(NS(=O)(=O)N2CCCCC2CO)cn1. The van der Waals surface area contributed by atoms with E-state index in [1.165, 1.54) is 17.6 Å². The number of rotatable bonds is 5. The lowest BCUT2D eigenvalue weighted by Gasteiger charge is -2.33. The van der Waals surface area contributed by atoms with Crippen molar-refractivity contribution in [1.82, 2.24) is 9.29 Å². The largest absolute Gasteiger partial charge is 0.481 e. The van der Waals surface area contributed by atoms with Crippen molar-refractivity contribution in [2.24, 2.45) is 0 Å². The van der Waals surface area contributed by atoms with E-state index in [1.807, 2.05) is 0 Å². The molecule has 1 fully saturated rings. The van der Waals surface area contributed by atoms with E-state index in [0.717, 1.165) is 12.8 Å². The number of nitrogens with zero attached hydrogens (tertiary/aromatic N) is 2. The lowest BCUT2D eigenvalue weighted by Crippen LogP contribution is -2.47. The summed E-state index contributed by atoms with van der Waals surface area (Å²) in [7, 11) is -2.18. The van der Waals surface area contributed by atoms with Gasteiger partial charge in [-0.2, -0.15) is 12.7 Å². The van der Waals surface area contributed by atoms with Crippen LogP contribution in [0.25, 0.3) is 0 Å². The fourth-order valence-electron chi connectivity index (χ4n) is 2.24. The predicted molar refractivity (Wildman–Crippen MR) is 74.8 cm³/mol. The monoisotopic (exact) mass is 301 g/mol. The molecule has 1 aliphatic heterocycles. The van der Waals surface area contributed by atoms with Crippen molar-refractivity contribution in [3.05, 3.63) is 18.3 Å². The van der Waals surface area contributed by atoms with Gasteiger partial charge in [-0.1, -0.05) is 6.42 Å². The molecule has 7 nitrogen and oxygen atoms in total. The molecule has 0 spiro atoms. The fraction of sp³-hybridized carbons (Fsp3) is 0.583. The molecule has 2 rings (SSSR count). The molecule has 0 aliphatic carbocycles. The molecule has 112 valence electrons. The number of aliphatic hydroxyl groups excluding tert-OH is 1. The van der Waals surface area contributed by atoms with E-state index in [9.17, 15) is 13.5 Å². The molecule has 1 aromatic rings. The number of ether oxygens (including phenoxy) is 1. The number of aliphatic hydroxyl groups is 1. The molecular formula is C12H19N3O4S. The molecule has 8 heteroatoms. The molecule has 0 radical (unpaired) electrons. The van der Waals surface area contributed by atoms with Gasteiger partial charge in [-0.15, -0.1) is 0 Å². The van der Waals surface area contributed by atoms with Gasteiger partial charge in [-0.25, -0.2) is 4.98 Å². The third-order valence-corrected chi connectivity index (χ3v) is 4.88. The van der Waals surface area contributed by atoms with Gasteiger partial charge in [0.25, 0.3) is 0 Å². The van der Waals surface area contributed by atoms with E-state index in [0.29, 0.717) is 24.5 Å². The Morgan fingerprint density at radius 1 is 1.50 bits per heavy atom. The van der Waals surface area contributed by atoms with Crippen LogP contribution in [0.3, 0.4) is 0 Å². The summed E-state index contributed by atoms with van der Waals surface area (Å²) < 4.78 is 33.4. The number of hydrogen-bond acceptors (Lipinski definition) is 5. The van der Waals surface area contributed by atoms with Crippen molar-refractivity contribution >= 4 is 15.9 Å². The topological polar surface area (TPSA) is 91.8 Å². The standard InChI is InChI=1S/C12H19N3O4S/c1-19-12-6-5-10(8-13-12)14-20(17,18)15-7-3-2-4-11(15)9-16/h5-6,8,11,14,16H,2-4,7,9H2,1H3. The van der Waals surface area contributed by atoms with Crippen LogP contribution in [-0.4, -0.2) is 49.1 Å². The number of methoxy groups -OCH3 is 1. The van der Waals surface area contributed by atoms with Gasteiger partial charge in [0.1, 0.15) is 0 Å². The summed E-state index contributed by atoms with van der Waals surface area (Å²) in [6.07, 6.45) is 3.81. The van der Waals surface area contributed by atoms with Gasteiger partial charge in [0, 0.05) is 18.7 Å². The quantitative estimate of drug-likeness (QED) is 0.830. The first-order valence-corrected chi connectivity index (χ1v) is 7.91. The van der Waals surface area contributed by atoms with Gasteiger partial charge in [-0.05, 0) is 18.9 Å². The van der Waals surface area contributed by atoms with Crippen LogP contribution in [0.5, 0.6) is 5.88 Å². The zero-order valence-corrected chi connectivity index (χ0v) is 12.1. The number of anilines is 1. The molecule has 20 heavy (non-hydrogen) atoms. The van der Waals surface area contributed by atoms with E-state index in [2.05, 4.69) is 9.71 Å². The second-order valence-electron chi connectivity index (χ2n) is 4.64. The molecule has 0 amide bonds. The van der Waals surface area contributed by atoms with Gasteiger partial charge in [0.05, 0.1) is 25.6 Å². The van der Waals surface area contributed by atoms with Crippen LogP contribution in [0.15, 0.2) is 18.3 Å². The van der Waals surface area contributed by atoms with Crippen LogP contribution in [-0.2, 0) is 10.2 Å². The van der Waals surface area contributed by atoms with Crippen LogP contribution < -0.4 is 9.46 Å². The summed E-state index contributed by atoms with van der Waals surface area (Å²) in [5.74, 6) is 0.416. The van der Waals surface area contributed by atoms with Crippen molar-refractivity contribution in [3.63, 3.8) is 0 Å². The minimum atomic E-state index is -3.67. The fourth-order valence-corrected chi connectivity index (χ4v) is 3.71. The van der Waals surface area contributed by atoms with Crippen LogP contribution >= 0.6 is 0 Å². The second-order valence-corrected chi connectivity index (χ2v) is 6.26. The van der Waals surface area contributed by atoms with Crippen LogP contribution in [0.2, 0.25) is 0 Å². The number of nitrogens with one attached hydrogen (secondary N) is 1. The average Bonchev–Trinajstić information content (AvgIpc) is 2.47. The van der Waals surface area contributed by atoms with E-state index < -0.39 is 10.2 Å². The third-order valence-electron chi connectivity index (χ3n) is 3.28. The van der Waals surface area contributed by atoms with Crippen molar-refractivity contribution in [2.45, 2.75) is 25.3 Å². The van der Waals surface area contributed by atoms with Crippen LogP contribution in [0.4, 0.5) is 5.69 Å². The third kappa shape index (κ3) is 3.38. The number of hydrogen-bond donors (Lipinski definition) is 2. The molecule has 2 N–H and O–H groups in total. The molecule has 1 aromatic heterocycles. The zero-order valence-electron chi connectivity index (χ0n) is 11.3. The molecule has 0 saturated carbocycles. The molecule has 1 saturated heterocycles. The molecule has 0 bridgehead atoms. The summed E-state index contributed by atoms with van der Waals surface area (Å²) in [6, 6.07) is 2.81. The summed E-state index contributed by atoms with van der Waals surface area (Å²) >= 11 is 0. The molecule has 1 atom stereocenters. The highest BCUT2D eigenvalue weighted by atomic mass is 32.2. The van der Waals surface area contributed by atoms with Crippen molar-refractivity contribution < 1.29 is 18.3 Å². The summed E-state index contributed by atoms with van der Waals surface area (Å²) in [4.78, 5) is 3.95. The minimum absolute atomic E-state index is 0.165. The van der Waals surface area contributed by atoms with E-state index in [-0.39, 0.29) is 12.6 Å². The zero-order chi connectivity index (χ0) is 14.6. The molecule has 2 heterocycles. The minimum Gasteiger partial charge on any atom is -0.481 e. The summed E-state index contributed by atoms with van der Waals surface area (Å²) in [6.45, 7) is 0.256. The first-order chi connectivity index (χ1) is 9.56. The Bertz CT molecular complexity index is 532.